The Balaban J connectivity index is 0.679. The van der Waals surface area contributed by atoms with Gasteiger partial charge in [0.05, 0.1) is 148 Å². The minimum Gasteiger partial charge on any atom is -0.458 e. The highest BCUT2D eigenvalue weighted by Crippen LogP contribution is 2.43. The number of carbonyl (C=O) groups excluding carboxylic acids is 11. The van der Waals surface area contributed by atoms with E-state index in [0.717, 1.165) is 10.5 Å². The standard InChI is InChI=1S/C77H102FN11O23/c1-3-77(102)56-40-61-70-54(46-89(61)75(100)55(56)47-111-76(77)101)53(69-52-14-10-13-51(52)57(78)41-59(69)87-70)42-82-74(99)71(50-16-17-50)112-48-84-65(93)44-83-73(98)60(39-49-11-6-4-7-12-49)86-66(94)45-81-64(92)43-80-62(90)19-18-58(85-63(91)15-8-5-9-23-88-67(95)20-21-68(88)96)72(97)79-22-24-104-27-28-106-31-32-108-35-36-110-38-37-109-34-33-107-30-29-105-26-25-103-2/h4,6-7,11-12,20-21,40-41,50,58,60,71,102H,3,5,8-10,13-19,22-39,42-48H2,1-2H3,(H,79,97)(H,80,90)(H,81,92)(H,82,99)(H,83,98)(H,84,93)(H,85,91)(H,86,94)/t58-,60-,71-,77-/m0/s1. The zero-order valence-electron chi connectivity index (χ0n) is 63.3. The number of aryl methyl sites for hydroxylation is 1. The molecule has 0 bridgehead atoms. The van der Waals surface area contributed by atoms with Crippen LogP contribution in [0.3, 0.4) is 0 Å². The van der Waals surface area contributed by atoms with Crippen molar-refractivity contribution in [2.24, 2.45) is 5.92 Å². The number of amides is 10. The van der Waals surface area contributed by atoms with Crippen LogP contribution in [-0.4, -0.2) is 248 Å². The highest BCUT2D eigenvalue weighted by molar-refractivity contribution is 6.13. The van der Waals surface area contributed by atoms with Crippen LogP contribution in [0, 0.1) is 11.7 Å². The third-order valence-corrected chi connectivity index (χ3v) is 19.4. The Labute approximate surface area is 646 Å². The van der Waals surface area contributed by atoms with Gasteiger partial charge in [-0.05, 0) is 92.0 Å². The maximum Gasteiger partial charge on any atom is 0.343 e. The number of hydrogen-bond acceptors (Lipinski definition) is 24. The minimum atomic E-state index is -2.08. The Kier molecular flexibility index (Phi) is 34.4. The molecule has 5 aliphatic rings. The molecule has 4 atom stereocenters. The topological polar surface area (TPSA) is 435 Å². The molecule has 2 aliphatic carbocycles. The Morgan fingerprint density at radius 1 is 0.625 bits per heavy atom. The number of imide groups is 1. The molecule has 2 aromatic heterocycles. The summed E-state index contributed by atoms with van der Waals surface area (Å²) in [5.74, 6) is -7.58. The van der Waals surface area contributed by atoms with E-state index in [4.69, 9.17) is 52.4 Å². The molecule has 610 valence electrons. The summed E-state index contributed by atoms with van der Waals surface area (Å²) in [5, 5.41) is 33.0. The predicted octanol–water partition coefficient (Wildman–Crippen LogP) is -0.102. The number of nitrogens with one attached hydrogen (secondary N) is 8. The van der Waals surface area contributed by atoms with Gasteiger partial charge in [0.2, 0.25) is 47.3 Å². The lowest BCUT2D eigenvalue weighted by atomic mass is 9.86. The normalized spacial score (nSPS) is 16.0. The quantitative estimate of drug-likeness (QED) is 0.0106. The van der Waals surface area contributed by atoms with Crippen molar-refractivity contribution in [1.29, 1.82) is 0 Å². The van der Waals surface area contributed by atoms with Gasteiger partial charge in [0, 0.05) is 80.7 Å². The molecular formula is C77H102FN11O23. The number of carbonyl (C=O) groups is 11. The summed E-state index contributed by atoms with van der Waals surface area (Å²) in [6, 6.07) is 9.16. The lowest BCUT2D eigenvalue weighted by molar-refractivity contribution is -0.172. The van der Waals surface area contributed by atoms with Gasteiger partial charge < -0.3 is 99.6 Å². The fourth-order valence-corrected chi connectivity index (χ4v) is 13.2. The number of hydrogen-bond donors (Lipinski definition) is 9. The van der Waals surface area contributed by atoms with Gasteiger partial charge in [0.25, 0.3) is 17.4 Å². The van der Waals surface area contributed by atoms with E-state index in [1.54, 1.807) is 50.4 Å². The molecule has 0 saturated heterocycles. The Morgan fingerprint density at radius 2 is 1.21 bits per heavy atom. The molecule has 2 aromatic carbocycles. The molecule has 10 amide bonds. The van der Waals surface area contributed by atoms with Crippen molar-refractivity contribution in [2.75, 3.05) is 146 Å². The average molecular weight is 1570 g/mol. The number of cyclic esters (lactones) is 1. The van der Waals surface area contributed by atoms with E-state index in [2.05, 4.69) is 42.5 Å². The maximum atomic E-state index is 15.7. The third kappa shape index (κ3) is 25.5. The number of methoxy groups -OCH3 is 1. The smallest absolute Gasteiger partial charge is 0.343 e. The molecule has 1 fully saturated rings. The zero-order valence-corrected chi connectivity index (χ0v) is 63.3. The summed E-state index contributed by atoms with van der Waals surface area (Å²) in [7, 11) is 1.61. The van der Waals surface area contributed by atoms with Crippen molar-refractivity contribution in [3.8, 4) is 11.4 Å². The molecule has 3 aliphatic heterocycles. The molecule has 9 N–H and O–H groups in total. The number of rotatable bonds is 53. The predicted molar refractivity (Wildman–Crippen MR) is 396 cm³/mol. The highest BCUT2D eigenvalue weighted by atomic mass is 19.1. The van der Waals surface area contributed by atoms with Gasteiger partial charge in [-0.1, -0.05) is 43.7 Å². The molecule has 34 nitrogen and oxygen atoms in total. The number of halogens is 1. The van der Waals surface area contributed by atoms with Crippen molar-refractivity contribution >= 4 is 75.9 Å². The van der Waals surface area contributed by atoms with Gasteiger partial charge in [-0.3, -0.25) is 57.6 Å². The van der Waals surface area contributed by atoms with E-state index in [9.17, 15) is 62.6 Å². The van der Waals surface area contributed by atoms with Gasteiger partial charge in [0.15, 0.2) is 5.60 Å². The molecular weight excluding hydrogens is 1470 g/mol. The Bertz CT molecular complexity index is 4030. The van der Waals surface area contributed by atoms with Crippen LogP contribution in [0.4, 0.5) is 4.39 Å². The third-order valence-electron chi connectivity index (χ3n) is 19.4. The first-order valence-corrected chi connectivity index (χ1v) is 38.0. The number of nitrogens with zero attached hydrogens (tertiary/aromatic N) is 3. The lowest BCUT2D eigenvalue weighted by Crippen LogP contribution is -2.52. The summed E-state index contributed by atoms with van der Waals surface area (Å²) in [5.41, 5.74) is 1.84. The van der Waals surface area contributed by atoms with Gasteiger partial charge in [-0.15, -0.1) is 0 Å². The van der Waals surface area contributed by atoms with Crippen molar-refractivity contribution in [3.63, 3.8) is 0 Å². The number of aliphatic hydroxyl groups is 1. The molecule has 35 heteroatoms. The fourth-order valence-electron chi connectivity index (χ4n) is 13.2. The number of esters is 1. The van der Waals surface area contributed by atoms with Crippen LogP contribution in [0.2, 0.25) is 0 Å². The first-order chi connectivity index (χ1) is 54.3. The van der Waals surface area contributed by atoms with E-state index in [0.29, 0.717) is 175 Å². The molecule has 0 unspecified atom stereocenters. The van der Waals surface area contributed by atoms with Crippen LogP contribution >= 0.6 is 0 Å². The molecule has 5 heterocycles. The summed E-state index contributed by atoms with van der Waals surface area (Å²) in [4.78, 5) is 164. The summed E-state index contributed by atoms with van der Waals surface area (Å²) < 4.78 is 71.8. The fraction of sp³-hybridized carbons (Fsp3) is 0.571. The highest BCUT2D eigenvalue weighted by Gasteiger charge is 2.46. The van der Waals surface area contributed by atoms with Crippen LogP contribution < -0.4 is 48.1 Å². The van der Waals surface area contributed by atoms with Crippen molar-refractivity contribution in [2.45, 2.75) is 134 Å². The molecule has 4 aromatic rings. The van der Waals surface area contributed by atoms with Gasteiger partial charge in [0.1, 0.15) is 37.3 Å². The van der Waals surface area contributed by atoms with Gasteiger partial charge in [-0.2, -0.15) is 0 Å². The largest absolute Gasteiger partial charge is 0.458 e. The zero-order chi connectivity index (χ0) is 79.8. The first kappa shape index (κ1) is 86.4. The second-order valence-corrected chi connectivity index (χ2v) is 27.3. The van der Waals surface area contributed by atoms with E-state index in [1.165, 1.54) is 22.8 Å². The molecule has 0 radical (unpaired) electrons. The number of fused-ring (bicyclic) bond motifs is 7. The van der Waals surface area contributed by atoms with Crippen LogP contribution in [0.25, 0.3) is 22.3 Å². The number of unbranched alkanes of at least 4 members (excludes halogenated alkanes) is 2. The number of pyridine rings is 2. The summed E-state index contributed by atoms with van der Waals surface area (Å²) in [6.45, 7) is 4.97. The summed E-state index contributed by atoms with van der Waals surface area (Å²) in [6.07, 6.45) is 5.17. The van der Waals surface area contributed by atoms with E-state index in [1.807, 2.05) is 0 Å². The lowest BCUT2D eigenvalue weighted by Gasteiger charge is -2.31. The van der Waals surface area contributed by atoms with Crippen LogP contribution in [0.15, 0.2) is 59.4 Å². The second kappa shape index (κ2) is 44.6. The van der Waals surface area contributed by atoms with Gasteiger partial charge in [-0.25, -0.2) is 14.2 Å². The molecule has 0 spiro atoms. The number of aromatic nitrogens is 2. The monoisotopic (exact) mass is 1570 g/mol. The SMILES string of the molecule is CC[C@@]1(O)C(=O)OCc2c1cc1n(c2=O)Cc2c-1nc1cc(F)c3c(c1c2CNC(=O)[C@@H](OCNC(=O)CNC(=O)[C@H](Cc1ccccc1)NC(=O)CNC(=O)CNC(=O)CC[C@H](NC(=O)CCCCCN1C(=O)C=CC1=O)C(=O)NCCOCCOCCOCCOCCOCCOCCOCCOC)C1CC1)CCC3. The summed E-state index contributed by atoms with van der Waals surface area (Å²) >= 11 is 0. The maximum absolute atomic E-state index is 15.7. The van der Waals surface area contributed by atoms with E-state index in [-0.39, 0.29) is 102 Å². The number of ether oxygens (including phenoxy) is 10. The van der Waals surface area contributed by atoms with E-state index < -0.39 is 127 Å². The average Bonchev–Trinajstić information content (AvgIpc) is 1.57. The van der Waals surface area contributed by atoms with Crippen LogP contribution in [0.5, 0.6) is 0 Å². The Morgan fingerprint density at radius 3 is 1.86 bits per heavy atom. The van der Waals surface area contributed by atoms with Crippen molar-refractivity contribution in [3.05, 3.63) is 110 Å². The Hall–Kier alpha value is -9.56. The molecule has 112 heavy (non-hydrogen) atoms. The molecule has 1 saturated carbocycles. The second-order valence-electron chi connectivity index (χ2n) is 27.3. The van der Waals surface area contributed by atoms with Crippen molar-refractivity contribution < 1.29 is 110 Å². The minimum absolute atomic E-state index is 0.000723. The number of benzene rings is 2. The molecule has 9 rings (SSSR count). The van der Waals surface area contributed by atoms with Gasteiger partial charge >= 0.3 is 5.97 Å². The van der Waals surface area contributed by atoms with Crippen LogP contribution in [0.1, 0.15) is 110 Å². The van der Waals surface area contributed by atoms with Crippen LogP contribution in [-0.2, 0) is 145 Å². The first-order valence-electron chi connectivity index (χ1n) is 38.0. The van der Waals surface area contributed by atoms with Crippen molar-refractivity contribution in [1.82, 2.24) is 57.0 Å². The van der Waals surface area contributed by atoms with E-state index >= 15 is 4.39 Å².